The maximum absolute atomic E-state index is 6.60. The van der Waals surface area contributed by atoms with E-state index in [0.717, 1.165) is 72.0 Å². The van der Waals surface area contributed by atoms with Gasteiger partial charge in [0.15, 0.2) is 17.5 Å². The molecule has 4 heteroatoms. The van der Waals surface area contributed by atoms with E-state index in [2.05, 4.69) is 146 Å². The van der Waals surface area contributed by atoms with Crippen LogP contribution in [0.3, 0.4) is 0 Å². The van der Waals surface area contributed by atoms with Gasteiger partial charge in [-0.2, -0.15) is 0 Å². The zero-order chi connectivity index (χ0) is 39.1. The highest BCUT2D eigenvalue weighted by Crippen LogP contribution is 2.44. The van der Waals surface area contributed by atoms with E-state index in [1.165, 1.54) is 21.9 Å². The summed E-state index contributed by atoms with van der Waals surface area (Å²) in [5.74, 6) is 1.93. The summed E-state index contributed by atoms with van der Waals surface area (Å²) >= 11 is 0. The minimum absolute atomic E-state index is 0.634. The van der Waals surface area contributed by atoms with Crippen molar-refractivity contribution in [2.24, 2.45) is 0 Å². The summed E-state index contributed by atoms with van der Waals surface area (Å²) in [6.45, 7) is 0. The van der Waals surface area contributed by atoms with Crippen molar-refractivity contribution in [1.29, 1.82) is 0 Å². The summed E-state index contributed by atoms with van der Waals surface area (Å²) in [7, 11) is 0. The quantitative estimate of drug-likeness (QED) is 0.163. The number of nitrogens with zero attached hydrogens (tertiary/aromatic N) is 3. The Morgan fingerprint density at radius 1 is 0.254 bits per heavy atom. The Kier molecular flexibility index (Phi) is 8.45. The molecule has 0 amide bonds. The molecule has 0 aliphatic carbocycles. The average molecular weight is 754 g/mol. The van der Waals surface area contributed by atoms with Gasteiger partial charge in [0.1, 0.15) is 11.2 Å². The summed E-state index contributed by atoms with van der Waals surface area (Å²) in [5, 5.41) is 4.57. The van der Waals surface area contributed by atoms with E-state index in [1.54, 1.807) is 0 Å². The van der Waals surface area contributed by atoms with Crippen molar-refractivity contribution < 1.29 is 4.42 Å². The fourth-order valence-electron chi connectivity index (χ4n) is 8.28. The van der Waals surface area contributed by atoms with Crippen LogP contribution in [0.15, 0.2) is 217 Å². The molecule has 0 fully saturated rings. The lowest BCUT2D eigenvalue weighted by molar-refractivity contribution is 0.669. The van der Waals surface area contributed by atoms with Gasteiger partial charge in [-0.1, -0.05) is 188 Å². The summed E-state index contributed by atoms with van der Waals surface area (Å²) in [6.07, 6.45) is 0. The monoisotopic (exact) mass is 753 g/mol. The van der Waals surface area contributed by atoms with E-state index in [4.69, 9.17) is 19.4 Å². The van der Waals surface area contributed by atoms with Gasteiger partial charge in [0.05, 0.1) is 0 Å². The third-order valence-electron chi connectivity index (χ3n) is 11.1. The summed E-state index contributed by atoms with van der Waals surface area (Å²) in [6, 6.07) is 74.2. The molecule has 0 saturated carbocycles. The number of fused-ring (bicyclic) bond motifs is 4. The first-order chi connectivity index (χ1) is 29.2. The molecule has 0 radical (unpaired) electrons. The molecule has 2 aromatic heterocycles. The second-order valence-electron chi connectivity index (χ2n) is 14.8. The molecular weight excluding hydrogens is 719 g/mol. The van der Waals surface area contributed by atoms with Crippen molar-refractivity contribution in [1.82, 2.24) is 15.0 Å². The zero-order valence-corrected chi connectivity index (χ0v) is 32.0. The van der Waals surface area contributed by atoms with Crippen molar-refractivity contribution >= 4 is 32.7 Å². The van der Waals surface area contributed by atoms with Crippen molar-refractivity contribution in [2.75, 3.05) is 0 Å². The van der Waals surface area contributed by atoms with E-state index in [9.17, 15) is 0 Å². The number of hydrogen-bond acceptors (Lipinski definition) is 4. The second-order valence-corrected chi connectivity index (χ2v) is 14.8. The van der Waals surface area contributed by atoms with Gasteiger partial charge in [0, 0.05) is 27.5 Å². The first-order valence-electron chi connectivity index (χ1n) is 19.8. The van der Waals surface area contributed by atoms with Crippen LogP contribution >= 0.6 is 0 Å². The van der Waals surface area contributed by atoms with Gasteiger partial charge in [-0.05, 0) is 79.5 Å². The standard InChI is InChI=1S/C55H35N3O/c1-4-15-36(16-5-1)41-21-12-22-42(33-41)43-34-49(52-48-23-10-11-28-50(48)59-51(52)35-43)47-27-14-25-45-44(24-13-26-46(45)47)37-29-31-40(32-30-37)55-57-53(38-17-6-2-7-18-38)56-54(58-55)39-19-8-3-9-20-39/h1-35H. The normalized spacial score (nSPS) is 11.4. The van der Waals surface area contributed by atoms with Gasteiger partial charge in [0.2, 0.25) is 0 Å². The first-order valence-corrected chi connectivity index (χ1v) is 19.8. The van der Waals surface area contributed by atoms with Gasteiger partial charge in [-0.3, -0.25) is 0 Å². The molecule has 59 heavy (non-hydrogen) atoms. The Morgan fingerprint density at radius 2 is 0.712 bits per heavy atom. The molecule has 276 valence electrons. The molecule has 0 saturated heterocycles. The van der Waals surface area contributed by atoms with Crippen LogP contribution in [0.25, 0.3) is 111 Å². The molecule has 0 atom stereocenters. The molecular formula is C55H35N3O. The fourth-order valence-corrected chi connectivity index (χ4v) is 8.28. The number of rotatable bonds is 7. The van der Waals surface area contributed by atoms with Crippen LogP contribution in [0.5, 0.6) is 0 Å². The molecule has 9 aromatic carbocycles. The van der Waals surface area contributed by atoms with Crippen molar-refractivity contribution in [2.45, 2.75) is 0 Å². The predicted octanol–water partition coefficient (Wildman–Crippen LogP) is 14.6. The van der Waals surface area contributed by atoms with E-state index >= 15 is 0 Å². The topological polar surface area (TPSA) is 51.8 Å². The lowest BCUT2D eigenvalue weighted by atomic mass is 9.89. The second kappa shape index (κ2) is 14.5. The molecule has 11 aromatic rings. The number of hydrogen-bond donors (Lipinski definition) is 0. The lowest BCUT2D eigenvalue weighted by Gasteiger charge is -2.14. The number of para-hydroxylation sites is 1. The summed E-state index contributed by atoms with van der Waals surface area (Å²) in [4.78, 5) is 14.8. The predicted molar refractivity (Wildman–Crippen MR) is 243 cm³/mol. The molecule has 0 unspecified atom stereocenters. The Hall–Kier alpha value is -7.95. The van der Waals surface area contributed by atoms with Crippen molar-refractivity contribution in [3.05, 3.63) is 212 Å². The fraction of sp³-hybridized carbons (Fsp3) is 0. The molecule has 0 aliphatic rings. The van der Waals surface area contributed by atoms with E-state index in [-0.39, 0.29) is 0 Å². The van der Waals surface area contributed by atoms with Gasteiger partial charge in [-0.15, -0.1) is 0 Å². The maximum Gasteiger partial charge on any atom is 0.164 e. The minimum Gasteiger partial charge on any atom is -0.456 e. The molecule has 2 heterocycles. The van der Waals surface area contributed by atoms with Crippen LogP contribution in [0.1, 0.15) is 0 Å². The van der Waals surface area contributed by atoms with Gasteiger partial charge in [0.25, 0.3) is 0 Å². The van der Waals surface area contributed by atoms with Crippen molar-refractivity contribution in [3.8, 4) is 78.7 Å². The lowest BCUT2D eigenvalue weighted by Crippen LogP contribution is -2.00. The third-order valence-corrected chi connectivity index (χ3v) is 11.1. The highest BCUT2D eigenvalue weighted by Gasteiger charge is 2.19. The average Bonchev–Trinajstić information content (AvgIpc) is 3.70. The zero-order valence-electron chi connectivity index (χ0n) is 32.0. The number of furan rings is 1. The number of aromatic nitrogens is 3. The molecule has 0 spiro atoms. The highest BCUT2D eigenvalue weighted by molar-refractivity contribution is 6.17. The van der Waals surface area contributed by atoms with Crippen LogP contribution < -0.4 is 0 Å². The molecule has 0 N–H and O–H groups in total. The van der Waals surface area contributed by atoms with Crippen LogP contribution in [-0.4, -0.2) is 15.0 Å². The van der Waals surface area contributed by atoms with Crippen molar-refractivity contribution in [3.63, 3.8) is 0 Å². The van der Waals surface area contributed by atoms with E-state index < -0.39 is 0 Å². The van der Waals surface area contributed by atoms with Crippen LogP contribution in [0, 0.1) is 0 Å². The Bertz CT molecular complexity index is 3240. The Morgan fingerprint density at radius 3 is 1.36 bits per heavy atom. The van der Waals surface area contributed by atoms with Gasteiger partial charge in [-0.25, -0.2) is 15.0 Å². The van der Waals surface area contributed by atoms with Gasteiger partial charge >= 0.3 is 0 Å². The van der Waals surface area contributed by atoms with Gasteiger partial charge < -0.3 is 4.42 Å². The molecule has 0 bridgehead atoms. The summed E-state index contributed by atoms with van der Waals surface area (Å²) in [5.41, 5.74) is 13.8. The van der Waals surface area contributed by atoms with E-state index in [1.807, 2.05) is 66.7 Å². The smallest absolute Gasteiger partial charge is 0.164 e. The highest BCUT2D eigenvalue weighted by atomic mass is 16.3. The van der Waals surface area contributed by atoms with E-state index in [0.29, 0.717) is 17.5 Å². The third kappa shape index (κ3) is 6.34. The largest absolute Gasteiger partial charge is 0.456 e. The molecule has 11 rings (SSSR count). The number of benzene rings is 9. The van der Waals surface area contributed by atoms with Crippen LogP contribution in [-0.2, 0) is 0 Å². The Balaban J connectivity index is 1.03. The molecule has 0 aliphatic heterocycles. The minimum atomic E-state index is 0.634. The Labute approximate surface area is 341 Å². The first kappa shape index (κ1) is 34.3. The van der Waals surface area contributed by atoms with Crippen LogP contribution in [0.2, 0.25) is 0 Å². The maximum atomic E-state index is 6.60. The molecule has 4 nitrogen and oxygen atoms in total. The summed E-state index contributed by atoms with van der Waals surface area (Å²) < 4.78 is 6.60. The SMILES string of the molecule is c1ccc(-c2cccc(-c3cc(-c4cccc5c(-c6ccc(-c7nc(-c8ccccc8)nc(-c8ccccc8)n7)cc6)cccc45)c4c(c3)oc3ccccc34)c2)cc1. The van der Waals surface area contributed by atoms with Crippen LogP contribution in [0.4, 0.5) is 0 Å².